The minimum absolute atomic E-state index is 0.00795. The average molecular weight is 336 g/mol. The molecule has 1 aliphatic heterocycles. The number of hydrogen-bond acceptors (Lipinski definition) is 2. The van der Waals surface area contributed by atoms with Crippen LogP contribution in [-0.2, 0) is 13.0 Å². The number of amides is 1. The number of rotatable bonds is 4. The van der Waals surface area contributed by atoms with E-state index in [1.54, 1.807) is 0 Å². The van der Waals surface area contributed by atoms with Crippen molar-refractivity contribution in [1.82, 2.24) is 10.2 Å². The summed E-state index contributed by atoms with van der Waals surface area (Å²) in [4.78, 5) is 15.0. The molecule has 0 aliphatic carbocycles. The van der Waals surface area contributed by atoms with Crippen LogP contribution >= 0.6 is 0 Å². The molecular formula is C22H28N2O. The number of hydrogen-bond donors (Lipinski definition) is 1. The predicted molar refractivity (Wildman–Crippen MR) is 103 cm³/mol. The summed E-state index contributed by atoms with van der Waals surface area (Å²) in [5.74, 6) is 0.00795. The summed E-state index contributed by atoms with van der Waals surface area (Å²) in [6, 6.07) is 14.5. The molecule has 3 heteroatoms. The quantitative estimate of drug-likeness (QED) is 0.919. The fourth-order valence-corrected chi connectivity index (χ4v) is 3.41. The molecule has 0 aromatic heterocycles. The highest BCUT2D eigenvalue weighted by molar-refractivity contribution is 5.94. The Morgan fingerprint density at radius 1 is 1.08 bits per heavy atom. The molecule has 1 amide bonds. The number of carbonyl (C=O) groups excluding carboxylic acids is 1. The van der Waals surface area contributed by atoms with Crippen LogP contribution in [0.25, 0.3) is 0 Å². The standard InChI is InChI=1S/C22H28N2O/c1-16-9-10-19(13-17(16)2)21(25)23-15-22(3,4)24-12-11-18-7-5-6-8-20(18)14-24/h5-10,13H,11-12,14-15H2,1-4H3,(H,23,25). The van der Waals surface area contributed by atoms with Crippen LogP contribution in [-0.4, -0.2) is 29.4 Å². The summed E-state index contributed by atoms with van der Waals surface area (Å²) >= 11 is 0. The molecule has 2 aromatic rings. The van der Waals surface area contributed by atoms with E-state index in [9.17, 15) is 4.79 Å². The number of nitrogens with one attached hydrogen (secondary N) is 1. The highest BCUT2D eigenvalue weighted by Gasteiger charge is 2.30. The highest BCUT2D eigenvalue weighted by Crippen LogP contribution is 2.25. The van der Waals surface area contributed by atoms with Crippen molar-refractivity contribution in [2.24, 2.45) is 0 Å². The van der Waals surface area contributed by atoms with E-state index in [2.05, 4.69) is 55.3 Å². The van der Waals surface area contributed by atoms with Gasteiger partial charge < -0.3 is 5.32 Å². The first-order valence-electron chi connectivity index (χ1n) is 9.04. The molecule has 0 bridgehead atoms. The van der Waals surface area contributed by atoms with Gasteiger partial charge in [0, 0.05) is 30.7 Å². The Balaban J connectivity index is 1.63. The van der Waals surface area contributed by atoms with Crippen LogP contribution < -0.4 is 5.32 Å². The molecule has 132 valence electrons. The Morgan fingerprint density at radius 3 is 2.52 bits per heavy atom. The van der Waals surface area contributed by atoms with E-state index in [-0.39, 0.29) is 11.4 Å². The molecule has 0 saturated carbocycles. The smallest absolute Gasteiger partial charge is 0.251 e. The van der Waals surface area contributed by atoms with E-state index in [4.69, 9.17) is 0 Å². The minimum Gasteiger partial charge on any atom is -0.350 e. The van der Waals surface area contributed by atoms with Crippen molar-refractivity contribution in [3.63, 3.8) is 0 Å². The molecule has 1 aliphatic rings. The lowest BCUT2D eigenvalue weighted by molar-refractivity contribution is 0.0826. The Bertz CT molecular complexity index is 779. The normalized spacial score (nSPS) is 14.9. The second-order valence-corrected chi connectivity index (χ2v) is 7.73. The van der Waals surface area contributed by atoms with Crippen LogP contribution in [0.15, 0.2) is 42.5 Å². The molecule has 2 aromatic carbocycles. The average Bonchev–Trinajstić information content (AvgIpc) is 2.61. The monoisotopic (exact) mass is 336 g/mol. The van der Waals surface area contributed by atoms with E-state index in [0.717, 1.165) is 30.6 Å². The van der Waals surface area contributed by atoms with Crippen molar-refractivity contribution in [3.05, 3.63) is 70.3 Å². The molecule has 3 rings (SSSR count). The third-order valence-corrected chi connectivity index (χ3v) is 5.44. The third-order valence-electron chi connectivity index (χ3n) is 5.44. The van der Waals surface area contributed by atoms with Crippen molar-refractivity contribution >= 4 is 5.91 Å². The molecule has 1 heterocycles. The lowest BCUT2D eigenvalue weighted by Crippen LogP contribution is -2.53. The Morgan fingerprint density at radius 2 is 1.80 bits per heavy atom. The van der Waals surface area contributed by atoms with Gasteiger partial charge >= 0.3 is 0 Å². The fraction of sp³-hybridized carbons (Fsp3) is 0.409. The van der Waals surface area contributed by atoms with Crippen molar-refractivity contribution in [1.29, 1.82) is 0 Å². The number of nitrogens with zero attached hydrogens (tertiary/aromatic N) is 1. The maximum atomic E-state index is 12.5. The number of carbonyl (C=O) groups is 1. The van der Waals surface area contributed by atoms with Crippen LogP contribution in [0.1, 0.15) is 46.5 Å². The number of benzene rings is 2. The molecule has 0 saturated heterocycles. The number of aryl methyl sites for hydroxylation is 2. The van der Waals surface area contributed by atoms with Gasteiger partial charge in [0.2, 0.25) is 0 Å². The number of fused-ring (bicyclic) bond motifs is 1. The lowest BCUT2D eigenvalue weighted by atomic mass is 9.94. The Labute approximate surface area is 151 Å². The van der Waals surface area contributed by atoms with Gasteiger partial charge in [0.15, 0.2) is 0 Å². The van der Waals surface area contributed by atoms with Crippen molar-refractivity contribution in [2.45, 2.75) is 46.2 Å². The van der Waals surface area contributed by atoms with Gasteiger partial charge in [0.05, 0.1) is 0 Å². The van der Waals surface area contributed by atoms with E-state index in [1.807, 2.05) is 25.1 Å². The van der Waals surface area contributed by atoms with Crippen LogP contribution in [0.3, 0.4) is 0 Å². The molecule has 0 spiro atoms. The van der Waals surface area contributed by atoms with E-state index in [0.29, 0.717) is 6.54 Å². The van der Waals surface area contributed by atoms with E-state index < -0.39 is 0 Å². The predicted octanol–water partition coefficient (Wildman–Crippen LogP) is 3.87. The third kappa shape index (κ3) is 3.93. The molecule has 0 unspecified atom stereocenters. The zero-order valence-electron chi connectivity index (χ0n) is 15.7. The summed E-state index contributed by atoms with van der Waals surface area (Å²) in [5, 5.41) is 3.13. The first kappa shape index (κ1) is 17.7. The molecule has 25 heavy (non-hydrogen) atoms. The lowest BCUT2D eigenvalue weighted by Gasteiger charge is -2.41. The second kappa shape index (κ2) is 7.01. The molecule has 3 nitrogen and oxygen atoms in total. The van der Waals surface area contributed by atoms with Gasteiger partial charge in [-0.2, -0.15) is 0 Å². The first-order chi connectivity index (χ1) is 11.9. The molecule has 1 N–H and O–H groups in total. The molecule has 0 atom stereocenters. The molecule has 0 fully saturated rings. The maximum absolute atomic E-state index is 12.5. The van der Waals surface area contributed by atoms with Gasteiger partial charge in [-0.1, -0.05) is 30.3 Å². The summed E-state index contributed by atoms with van der Waals surface area (Å²) in [7, 11) is 0. The Hall–Kier alpha value is -2.13. The second-order valence-electron chi connectivity index (χ2n) is 7.73. The van der Waals surface area contributed by atoms with Crippen LogP contribution in [0, 0.1) is 13.8 Å². The van der Waals surface area contributed by atoms with Gasteiger partial charge in [-0.15, -0.1) is 0 Å². The zero-order valence-corrected chi connectivity index (χ0v) is 15.7. The first-order valence-corrected chi connectivity index (χ1v) is 9.04. The van der Waals surface area contributed by atoms with Gasteiger partial charge in [0.1, 0.15) is 0 Å². The maximum Gasteiger partial charge on any atom is 0.251 e. The zero-order chi connectivity index (χ0) is 18.0. The summed E-state index contributed by atoms with van der Waals surface area (Å²) in [5.41, 5.74) is 5.88. The highest BCUT2D eigenvalue weighted by atomic mass is 16.1. The van der Waals surface area contributed by atoms with Crippen LogP contribution in [0.5, 0.6) is 0 Å². The van der Waals surface area contributed by atoms with Crippen LogP contribution in [0.2, 0.25) is 0 Å². The van der Waals surface area contributed by atoms with E-state index >= 15 is 0 Å². The molecular weight excluding hydrogens is 308 g/mol. The minimum atomic E-state index is -0.0804. The van der Waals surface area contributed by atoms with Crippen LogP contribution in [0.4, 0.5) is 0 Å². The molecule has 0 radical (unpaired) electrons. The Kier molecular flexibility index (Phi) is 4.96. The SMILES string of the molecule is Cc1ccc(C(=O)NCC(C)(C)N2CCc3ccccc3C2)cc1C. The van der Waals surface area contributed by atoms with Gasteiger partial charge in [-0.05, 0) is 68.5 Å². The van der Waals surface area contributed by atoms with Crippen molar-refractivity contribution in [2.75, 3.05) is 13.1 Å². The topological polar surface area (TPSA) is 32.3 Å². The largest absolute Gasteiger partial charge is 0.350 e. The van der Waals surface area contributed by atoms with Gasteiger partial charge in [-0.25, -0.2) is 0 Å². The summed E-state index contributed by atoms with van der Waals surface area (Å²) < 4.78 is 0. The summed E-state index contributed by atoms with van der Waals surface area (Å²) in [6.07, 6.45) is 1.07. The summed E-state index contributed by atoms with van der Waals surface area (Å²) in [6.45, 7) is 11.1. The van der Waals surface area contributed by atoms with Crippen molar-refractivity contribution in [3.8, 4) is 0 Å². The van der Waals surface area contributed by atoms with E-state index in [1.165, 1.54) is 16.7 Å². The van der Waals surface area contributed by atoms with Gasteiger partial charge in [0.25, 0.3) is 5.91 Å². The van der Waals surface area contributed by atoms with Crippen molar-refractivity contribution < 1.29 is 4.79 Å². The van der Waals surface area contributed by atoms with Gasteiger partial charge in [-0.3, -0.25) is 9.69 Å². The fourth-order valence-electron chi connectivity index (χ4n) is 3.41.